The average Bonchev–Trinajstić information content (AvgIpc) is 2.34. The molecule has 2 nitrogen and oxygen atoms in total. The van der Waals surface area contributed by atoms with Crippen LogP contribution in [-0.4, -0.2) is 11.6 Å². The minimum absolute atomic E-state index is 0.183. The zero-order chi connectivity index (χ0) is 16.5. The molecule has 0 aliphatic carbocycles. The Morgan fingerprint density at radius 2 is 1.95 bits per heavy atom. The number of esters is 1. The van der Waals surface area contributed by atoms with Gasteiger partial charge in [0, 0.05) is 11.5 Å². The van der Waals surface area contributed by atoms with Gasteiger partial charge in [-0.2, -0.15) is 0 Å². The highest BCUT2D eigenvalue weighted by atomic mass is 16.6. The maximum Gasteiger partial charge on any atom is 0.334 e. The minimum Gasteiger partial charge on any atom is -0.457 e. The summed E-state index contributed by atoms with van der Waals surface area (Å²) in [7, 11) is 0. The van der Waals surface area contributed by atoms with Gasteiger partial charge in [-0.1, -0.05) is 43.7 Å². The summed E-state index contributed by atoms with van der Waals surface area (Å²) in [6.07, 6.45) is 9.86. The van der Waals surface area contributed by atoms with Crippen LogP contribution in [-0.2, 0) is 9.53 Å². The minimum atomic E-state index is -0.445. The second-order valence-electron chi connectivity index (χ2n) is 6.55. The average molecular weight is 292 g/mol. The van der Waals surface area contributed by atoms with Crippen LogP contribution >= 0.6 is 0 Å². The molecule has 1 atom stereocenters. The number of allylic oxidation sites excluding steroid dienone is 4. The van der Waals surface area contributed by atoms with E-state index in [1.54, 1.807) is 0 Å². The number of unbranched alkanes of at least 4 members (excludes halogenated alkanes) is 1. The van der Waals surface area contributed by atoms with Crippen molar-refractivity contribution < 1.29 is 9.53 Å². The van der Waals surface area contributed by atoms with E-state index in [1.807, 2.05) is 46.8 Å². The lowest BCUT2D eigenvalue weighted by molar-refractivity contribution is -0.150. The molecule has 0 aromatic rings. The van der Waals surface area contributed by atoms with Crippen molar-refractivity contribution in [2.45, 2.75) is 72.8 Å². The topological polar surface area (TPSA) is 26.3 Å². The van der Waals surface area contributed by atoms with E-state index in [9.17, 15) is 4.79 Å². The third-order valence-corrected chi connectivity index (χ3v) is 3.14. The summed E-state index contributed by atoms with van der Waals surface area (Å²) in [6.45, 7) is 15.9. The van der Waals surface area contributed by atoms with Crippen LogP contribution in [0.25, 0.3) is 0 Å². The van der Waals surface area contributed by atoms with Crippen LogP contribution in [0.1, 0.15) is 67.2 Å². The molecule has 0 spiro atoms. The number of carbonyl (C=O) groups excluding carboxylic acids is 1. The van der Waals surface area contributed by atoms with E-state index < -0.39 is 5.60 Å². The molecule has 0 saturated carbocycles. The van der Waals surface area contributed by atoms with E-state index in [2.05, 4.69) is 19.6 Å². The standard InChI is InChI=1S/C19H32O2/c1-8-10-12-17(18(20)21-19(5,6)7)14-13-16(11-9-2)15(3)4/h9,11,14,16H,3,8,10,12-13H2,1-2,4-7H3. The number of ether oxygens (including phenoxy) is 1. The van der Waals surface area contributed by atoms with Crippen molar-refractivity contribution in [3.05, 3.63) is 36.0 Å². The van der Waals surface area contributed by atoms with Gasteiger partial charge >= 0.3 is 5.97 Å². The molecule has 0 aromatic heterocycles. The fraction of sp³-hybridized carbons (Fsp3) is 0.632. The van der Waals surface area contributed by atoms with Crippen LogP contribution in [0.4, 0.5) is 0 Å². The highest BCUT2D eigenvalue weighted by Gasteiger charge is 2.19. The number of hydrogen-bond acceptors (Lipinski definition) is 2. The zero-order valence-corrected chi connectivity index (χ0v) is 14.7. The summed E-state index contributed by atoms with van der Waals surface area (Å²) < 4.78 is 5.50. The lowest BCUT2D eigenvalue weighted by Gasteiger charge is -2.21. The summed E-state index contributed by atoms with van der Waals surface area (Å²) in [5.74, 6) is 0.103. The predicted molar refractivity (Wildman–Crippen MR) is 91.2 cm³/mol. The van der Waals surface area contributed by atoms with Crippen molar-refractivity contribution in [3.8, 4) is 0 Å². The van der Waals surface area contributed by atoms with Crippen molar-refractivity contribution in [2.24, 2.45) is 5.92 Å². The highest BCUT2D eigenvalue weighted by molar-refractivity contribution is 5.88. The molecular weight excluding hydrogens is 260 g/mol. The van der Waals surface area contributed by atoms with Crippen LogP contribution in [0.3, 0.4) is 0 Å². The quantitative estimate of drug-likeness (QED) is 0.330. The summed E-state index contributed by atoms with van der Waals surface area (Å²) in [4.78, 5) is 12.3. The van der Waals surface area contributed by atoms with E-state index in [-0.39, 0.29) is 11.9 Å². The van der Waals surface area contributed by atoms with Crippen molar-refractivity contribution in [1.82, 2.24) is 0 Å². The van der Waals surface area contributed by atoms with Gasteiger partial charge in [0.1, 0.15) is 5.60 Å². The molecule has 0 rings (SSSR count). The maximum atomic E-state index is 12.3. The Labute approximate surface area is 131 Å². The second kappa shape index (κ2) is 9.59. The van der Waals surface area contributed by atoms with Crippen LogP contribution in [0.2, 0.25) is 0 Å². The molecule has 0 aromatic carbocycles. The normalized spacial score (nSPS) is 14.3. The third-order valence-electron chi connectivity index (χ3n) is 3.14. The Bertz CT molecular complexity index is 394. The Hall–Kier alpha value is -1.31. The van der Waals surface area contributed by atoms with Crippen LogP contribution in [0.15, 0.2) is 36.0 Å². The molecule has 0 aliphatic rings. The molecule has 0 N–H and O–H groups in total. The van der Waals surface area contributed by atoms with Gasteiger partial charge in [0.2, 0.25) is 0 Å². The van der Waals surface area contributed by atoms with E-state index >= 15 is 0 Å². The summed E-state index contributed by atoms with van der Waals surface area (Å²) in [5.41, 5.74) is 1.46. The van der Waals surface area contributed by atoms with Gasteiger partial charge in [-0.25, -0.2) is 4.79 Å². The smallest absolute Gasteiger partial charge is 0.334 e. The van der Waals surface area contributed by atoms with E-state index in [0.29, 0.717) is 0 Å². The summed E-state index contributed by atoms with van der Waals surface area (Å²) in [5, 5.41) is 0. The van der Waals surface area contributed by atoms with E-state index in [1.165, 1.54) is 0 Å². The van der Waals surface area contributed by atoms with Crippen molar-refractivity contribution in [1.29, 1.82) is 0 Å². The molecule has 0 heterocycles. The molecule has 21 heavy (non-hydrogen) atoms. The van der Waals surface area contributed by atoms with Crippen LogP contribution < -0.4 is 0 Å². The van der Waals surface area contributed by atoms with Gasteiger partial charge in [0.15, 0.2) is 0 Å². The van der Waals surface area contributed by atoms with E-state index in [4.69, 9.17) is 4.74 Å². The third kappa shape index (κ3) is 9.28. The molecule has 120 valence electrons. The fourth-order valence-corrected chi connectivity index (χ4v) is 1.94. The Morgan fingerprint density at radius 3 is 2.38 bits per heavy atom. The lowest BCUT2D eigenvalue weighted by Crippen LogP contribution is -2.25. The SMILES string of the molecule is C=C(C)C(C=CC)CC=C(CCCC)C(=O)OC(C)(C)C. The first kappa shape index (κ1) is 19.7. The van der Waals surface area contributed by atoms with Crippen molar-refractivity contribution in [3.63, 3.8) is 0 Å². The molecule has 0 radical (unpaired) electrons. The lowest BCUT2D eigenvalue weighted by atomic mass is 9.95. The van der Waals surface area contributed by atoms with Crippen LogP contribution in [0, 0.1) is 5.92 Å². The van der Waals surface area contributed by atoms with Crippen molar-refractivity contribution in [2.75, 3.05) is 0 Å². The first-order valence-electron chi connectivity index (χ1n) is 7.91. The maximum absolute atomic E-state index is 12.3. The van der Waals surface area contributed by atoms with Gasteiger partial charge in [0.05, 0.1) is 0 Å². The molecule has 1 unspecified atom stereocenters. The number of hydrogen-bond donors (Lipinski definition) is 0. The number of rotatable bonds is 8. The largest absolute Gasteiger partial charge is 0.457 e. The second-order valence-corrected chi connectivity index (χ2v) is 6.55. The monoisotopic (exact) mass is 292 g/mol. The Balaban J connectivity index is 4.99. The first-order valence-corrected chi connectivity index (χ1v) is 7.91. The first-order chi connectivity index (χ1) is 9.71. The summed E-state index contributed by atoms with van der Waals surface area (Å²) >= 11 is 0. The highest BCUT2D eigenvalue weighted by Crippen LogP contribution is 2.20. The van der Waals surface area contributed by atoms with Gasteiger partial charge in [-0.15, -0.1) is 0 Å². The predicted octanol–water partition coefficient (Wildman–Crippen LogP) is 5.60. The molecule has 2 heteroatoms. The molecule has 0 bridgehead atoms. The van der Waals surface area contributed by atoms with E-state index in [0.717, 1.165) is 36.8 Å². The van der Waals surface area contributed by atoms with Gasteiger partial charge in [-0.05, 0) is 53.9 Å². The molecular formula is C19H32O2. The van der Waals surface area contributed by atoms with Gasteiger partial charge in [0.25, 0.3) is 0 Å². The molecule has 0 fully saturated rings. The fourth-order valence-electron chi connectivity index (χ4n) is 1.94. The van der Waals surface area contributed by atoms with Crippen molar-refractivity contribution >= 4 is 5.97 Å². The number of carbonyl (C=O) groups is 1. The molecule has 0 saturated heterocycles. The van der Waals surface area contributed by atoms with Crippen LogP contribution in [0.5, 0.6) is 0 Å². The zero-order valence-electron chi connectivity index (χ0n) is 14.7. The summed E-state index contributed by atoms with van der Waals surface area (Å²) in [6, 6.07) is 0. The Kier molecular flexibility index (Phi) is 9.00. The molecule has 0 aliphatic heterocycles. The van der Waals surface area contributed by atoms with Gasteiger partial charge < -0.3 is 4.74 Å². The molecule has 0 amide bonds. The van der Waals surface area contributed by atoms with Gasteiger partial charge in [-0.3, -0.25) is 0 Å². The Morgan fingerprint density at radius 1 is 1.33 bits per heavy atom.